The van der Waals surface area contributed by atoms with E-state index in [4.69, 9.17) is 22.1 Å². The highest BCUT2D eigenvalue weighted by molar-refractivity contribution is 6.30. The Morgan fingerprint density at radius 2 is 2.11 bits per heavy atom. The first kappa shape index (κ1) is 20.8. The van der Waals surface area contributed by atoms with Gasteiger partial charge in [0.25, 0.3) is 0 Å². The number of benzene rings is 1. The van der Waals surface area contributed by atoms with E-state index in [-0.39, 0.29) is 0 Å². The van der Waals surface area contributed by atoms with Gasteiger partial charge in [0.05, 0.1) is 12.0 Å². The SMILES string of the molecule is C=C(Cl)/C=C(\C=C(/N)OCc1ccccc1)CNCCCn1cnc(C)c1. The molecule has 3 N–H and O–H groups in total. The maximum Gasteiger partial charge on any atom is 0.184 e. The van der Waals surface area contributed by atoms with Gasteiger partial charge in [-0.1, -0.05) is 48.5 Å². The third-order valence-electron chi connectivity index (χ3n) is 3.78. The molecule has 5 nitrogen and oxygen atoms in total. The molecule has 0 aliphatic rings. The smallest absolute Gasteiger partial charge is 0.184 e. The molecule has 144 valence electrons. The zero-order valence-corrected chi connectivity index (χ0v) is 16.5. The van der Waals surface area contributed by atoms with Crippen LogP contribution in [0.2, 0.25) is 0 Å². The maximum absolute atomic E-state index is 5.99. The van der Waals surface area contributed by atoms with Crippen molar-refractivity contribution in [2.24, 2.45) is 5.73 Å². The molecule has 0 aliphatic heterocycles. The molecular formula is C21H27ClN4O. The summed E-state index contributed by atoms with van der Waals surface area (Å²) in [5.74, 6) is 0.346. The minimum Gasteiger partial charge on any atom is -0.475 e. The average molecular weight is 387 g/mol. The van der Waals surface area contributed by atoms with Crippen LogP contribution in [0, 0.1) is 6.92 Å². The van der Waals surface area contributed by atoms with Crippen molar-refractivity contribution in [1.29, 1.82) is 0 Å². The van der Waals surface area contributed by atoms with Crippen molar-refractivity contribution in [3.63, 3.8) is 0 Å². The van der Waals surface area contributed by atoms with Crippen LogP contribution >= 0.6 is 11.6 Å². The van der Waals surface area contributed by atoms with Gasteiger partial charge in [0.15, 0.2) is 5.88 Å². The van der Waals surface area contributed by atoms with E-state index in [1.54, 1.807) is 12.2 Å². The van der Waals surface area contributed by atoms with Crippen LogP contribution in [0.25, 0.3) is 0 Å². The van der Waals surface area contributed by atoms with E-state index in [0.29, 0.717) is 24.1 Å². The number of aryl methyl sites for hydroxylation is 2. The Morgan fingerprint density at radius 1 is 1.33 bits per heavy atom. The topological polar surface area (TPSA) is 65.1 Å². The molecule has 0 amide bonds. The Kier molecular flexibility index (Phi) is 8.68. The highest BCUT2D eigenvalue weighted by Crippen LogP contribution is 2.09. The number of hydrogen-bond acceptors (Lipinski definition) is 4. The summed E-state index contributed by atoms with van der Waals surface area (Å²) in [6.07, 6.45) is 8.45. The zero-order chi connectivity index (χ0) is 19.5. The summed E-state index contributed by atoms with van der Waals surface area (Å²) in [4.78, 5) is 4.22. The molecule has 0 radical (unpaired) electrons. The van der Waals surface area contributed by atoms with Crippen molar-refractivity contribution in [2.45, 2.75) is 26.5 Å². The second-order valence-corrected chi connectivity index (χ2v) is 6.76. The average Bonchev–Trinajstić information content (AvgIpc) is 3.05. The van der Waals surface area contributed by atoms with E-state index in [0.717, 1.165) is 36.3 Å². The van der Waals surface area contributed by atoms with Crippen molar-refractivity contribution < 1.29 is 4.74 Å². The van der Waals surface area contributed by atoms with E-state index in [2.05, 4.69) is 21.4 Å². The summed E-state index contributed by atoms with van der Waals surface area (Å²) >= 11 is 5.93. The summed E-state index contributed by atoms with van der Waals surface area (Å²) in [5, 5.41) is 3.84. The Balaban J connectivity index is 1.78. The summed E-state index contributed by atoms with van der Waals surface area (Å²) in [5.41, 5.74) is 9.01. The number of ether oxygens (including phenoxy) is 1. The Bertz CT molecular complexity index is 780. The molecule has 2 aromatic rings. The third-order valence-corrected chi connectivity index (χ3v) is 3.89. The second kappa shape index (κ2) is 11.3. The van der Waals surface area contributed by atoms with Crippen LogP contribution in [0.1, 0.15) is 17.7 Å². The van der Waals surface area contributed by atoms with Gasteiger partial charge in [0.2, 0.25) is 0 Å². The van der Waals surface area contributed by atoms with Crippen LogP contribution in [-0.4, -0.2) is 22.6 Å². The molecule has 6 heteroatoms. The number of hydrogen-bond donors (Lipinski definition) is 2. The molecule has 0 bridgehead atoms. The van der Waals surface area contributed by atoms with E-state index in [1.165, 1.54) is 0 Å². The lowest BCUT2D eigenvalue weighted by Gasteiger charge is -2.09. The number of allylic oxidation sites excluding steroid dienone is 2. The maximum atomic E-state index is 5.99. The summed E-state index contributed by atoms with van der Waals surface area (Å²) in [6, 6.07) is 9.89. The third kappa shape index (κ3) is 8.62. The fourth-order valence-electron chi connectivity index (χ4n) is 2.52. The molecule has 1 aromatic carbocycles. The molecule has 1 aromatic heterocycles. The van der Waals surface area contributed by atoms with Crippen molar-refractivity contribution >= 4 is 11.6 Å². The minimum atomic E-state index is 0.346. The molecule has 0 fully saturated rings. The van der Waals surface area contributed by atoms with E-state index in [9.17, 15) is 0 Å². The fraction of sp³-hybridized carbons (Fsp3) is 0.286. The summed E-state index contributed by atoms with van der Waals surface area (Å²) in [7, 11) is 0. The number of rotatable bonds is 11. The standard InChI is InChI=1S/C21H27ClN4O/c1-17(22)11-20(12-21(23)27-15-19-7-4-3-5-8-19)13-24-9-6-10-26-14-18(2)25-16-26/h3-5,7-8,11-12,14,16,24H,1,6,9-10,13,15,23H2,2H3/b20-11+,21-12+. The molecule has 2 rings (SSSR count). The fourth-order valence-corrected chi connectivity index (χ4v) is 2.66. The van der Waals surface area contributed by atoms with Gasteiger partial charge in [-0.15, -0.1) is 0 Å². The number of aromatic nitrogens is 2. The number of nitrogens with two attached hydrogens (primary N) is 1. The first-order valence-corrected chi connectivity index (χ1v) is 9.28. The predicted molar refractivity (Wildman–Crippen MR) is 111 cm³/mol. The van der Waals surface area contributed by atoms with Crippen LogP contribution < -0.4 is 11.1 Å². The van der Waals surface area contributed by atoms with Crippen LogP contribution in [0.4, 0.5) is 0 Å². The second-order valence-electron chi connectivity index (χ2n) is 6.27. The van der Waals surface area contributed by atoms with Gasteiger partial charge in [0.1, 0.15) is 6.61 Å². The van der Waals surface area contributed by atoms with Gasteiger partial charge in [0, 0.05) is 30.4 Å². The number of nitrogens with one attached hydrogen (secondary N) is 1. The quantitative estimate of drug-likeness (QED) is 0.349. The van der Waals surface area contributed by atoms with Gasteiger partial charge < -0.3 is 20.4 Å². The normalized spacial score (nSPS) is 12.2. The molecule has 0 unspecified atom stereocenters. The van der Waals surface area contributed by atoms with Crippen molar-refractivity contribution in [1.82, 2.24) is 14.9 Å². The van der Waals surface area contributed by atoms with Gasteiger partial charge in [-0.25, -0.2) is 4.98 Å². The largest absolute Gasteiger partial charge is 0.475 e. The molecule has 27 heavy (non-hydrogen) atoms. The number of imidazole rings is 1. The molecule has 0 atom stereocenters. The molecular weight excluding hydrogens is 360 g/mol. The van der Waals surface area contributed by atoms with Crippen molar-refractivity contribution in [2.75, 3.05) is 13.1 Å². The monoisotopic (exact) mass is 386 g/mol. The summed E-state index contributed by atoms with van der Waals surface area (Å²) in [6.45, 7) is 8.55. The van der Waals surface area contributed by atoms with Crippen LogP contribution in [0.15, 0.2) is 78.1 Å². The van der Waals surface area contributed by atoms with E-state index >= 15 is 0 Å². The highest BCUT2D eigenvalue weighted by atomic mass is 35.5. The number of halogens is 1. The van der Waals surface area contributed by atoms with Crippen LogP contribution in [0.3, 0.4) is 0 Å². The van der Waals surface area contributed by atoms with Gasteiger partial charge in [-0.2, -0.15) is 0 Å². The molecule has 0 saturated carbocycles. The van der Waals surface area contributed by atoms with Gasteiger partial charge >= 0.3 is 0 Å². The van der Waals surface area contributed by atoms with Crippen molar-refractivity contribution in [3.8, 4) is 0 Å². The Morgan fingerprint density at radius 3 is 2.78 bits per heavy atom. The highest BCUT2D eigenvalue weighted by Gasteiger charge is 2.00. The van der Waals surface area contributed by atoms with Gasteiger partial charge in [-0.3, -0.25) is 0 Å². The molecule has 0 aliphatic carbocycles. The van der Waals surface area contributed by atoms with E-state index < -0.39 is 0 Å². The zero-order valence-electron chi connectivity index (χ0n) is 15.7. The molecule has 0 spiro atoms. The molecule has 0 saturated heterocycles. The Labute approximate surface area is 166 Å². The van der Waals surface area contributed by atoms with Gasteiger partial charge in [-0.05, 0) is 37.1 Å². The van der Waals surface area contributed by atoms with Crippen molar-refractivity contribution in [3.05, 3.63) is 89.3 Å². The first-order valence-electron chi connectivity index (χ1n) is 8.91. The minimum absolute atomic E-state index is 0.346. The lowest BCUT2D eigenvalue weighted by atomic mass is 10.2. The lowest BCUT2D eigenvalue weighted by Crippen LogP contribution is -2.20. The Hall–Kier alpha value is -2.50. The number of nitrogens with zero attached hydrogens (tertiary/aromatic N) is 2. The molecule has 1 heterocycles. The van der Waals surface area contributed by atoms with Crippen LogP contribution in [0.5, 0.6) is 0 Å². The summed E-state index contributed by atoms with van der Waals surface area (Å²) < 4.78 is 7.70. The lowest BCUT2D eigenvalue weighted by molar-refractivity contribution is 0.196. The predicted octanol–water partition coefficient (Wildman–Crippen LogP) is 3.87. The first-order chi connectivity index (χ1) is 13.0. The van der Waals surface area contributed by atoms with E-state index in [1.807, 2.05) is 49.8 Å². The van der Waals surface area contributed by atoms with Crippen LogP contribution in [-0.2, 0) is 17.9 Å².